The molecule has 106 valence electrons. The zero-order chi connectivity index (χ0) is 14.5. The molecule has 0 saturated carbocycles. The molecule has 0 saturated heterocycles. The standard InChI is InChI=1S/C16H24BrNO/c1-12-7-5-6-8-13(12)11-15(19)18-14(9-10-17)16(2,3)4/h5-8,14H,9-11H2,1-4H3,(H,18,19). The second kappa shape index (κ2) is 7.09. The first-order valence-corrected chi connectivity index (χ1v) is 7.86. The smallest absolute Gasteiger partial charge is 0.224 e. The molecule has 2 nitrogen and oxygen atoms in total. The monoisotopic (exact) mass is 325 g/mol. The molecule has 1 unspecified atom stereocenters. The molecule has 0 heterocycles. The molecule has 0 bridgehead atoms. The summed E-state index contributed by atoms with van der Waals surface area (Å²) < 4.78 is 0. The minimum absolute atomic E-state index is 0.0785. The van der Waals surface area contributed by atoms with Crippen molar-refractivity contribution in [2.45, 2.75) is 46.6 Å². The van der Waals surface area contributed by atoms with Crippen LogP contribution in [0, 0.1) is 12.3 Å². The predicted octanol–water partition coefficient (Wildman–Crippen LogP) is 3.85. The van der Waals surface area contributed by atoms with E-state index in [2.05, 4.69) is 42.0 Å². The number of carbonyl (C=O) groups is 1. The fourth-order valence-corrected chi connectivity index (χ4v) is 2.52. The van der Waals surface area contributed by atoms with Crippen LogP contribution in [0.5, 0.6) is 0 Å². The molecule has 1 N–H and O–H groups in total. The van der Waals surface area contributed by atoms with Gasteiger partial charge in [-0.25, -0.2) is 0 Å². The highest BCUT2D eigenvalue weighted by Crippen LogP contribution is 2.22. The highest BCUT2D eigenvalue weighted by molar-refractivity contribution is 9.09. The first kappa shape index (κ1) is 16.2. The van der Waals surface area contributed by atoms with Gasteiger partial charge in [-0.05, 0) is 29.9 Å². The van der Waals surface area contributed by atoms with Crippen LogP contribution in [-0.4, -0.2) is 17.3 Å². The number of hydrogen-bond donors (Lipinski definition) is 1. The molecule has 0 aromatic heterocycles. The summed E-state index contributed by atoms with van der Waals surface area (Å²) in [7, 11) is 0. The highest BCUT2D eigenvalue weighted by atomic mass is 79.9. The maximum Gasteiger partial charge on any atom is 0.224 e. The summed E-state index contributed by atoms with van der Waals surface area (Å²) in [5.74, 6) is 0.107. The Morgan fingerprint density at radius 3 is 2.47 bits per heavy atom. The third-order valence-electron chi connectivity index (χ3n) is 3.39. The Balaban J connectivity index is 2.66. The number of aryl methyl sites for hydroxylation is 1. The van der Waals surface area contributed by atoms with Crippen molar-refractivity contribution in [3.8, 4) is 0 Å². The molecule has 3 heteroatoms. The molecule has 1 atom stereocenters. The number of carbonyl (C=O) groups excluding carboxylic acids is 1. The van der Waals surface area contributed by atoms with E-state index in [9.17, 15) is 4.79 Å². The van der Waals surface area contributed by atoms with Crippen LogP contribution < -0.4 is 5.32 Å². The molecule has 0 spiro atoms. The van der Waals surface area contributed by atoms with Gasteiger partial charge in [0, 0.05) is 11.4 Å². The van der Waals surface area contributed by atoms with Gasteiger partial charge in [0.25, 0.3) is 0 Å². The first-order chi connectivity index (χ1) is 8.84. The molecule has 1 aromatic carbocycles. The molecular formula is C16H24BrNO. The molecule has 19 heavy (non-hydrogen) atoms. The van der Waals surface area contributed by atoms with Gasteiger partial charge >= 0.3 is 0 Å². The lowest BCUT2D eigenvalue weighted by Gasteiger charge is -2.31. The normalized spacial score (nSPS) is 13.1. The molecule has 1 aromatic rings. The van der Waals surface area contributed by atoms with Crippen LogP contribution in [0.4, 0.5) is 0 Å². The van der Waals surface area contributed by atoms with Gasteiger partial charge in [0.1, 0.15) is 0 Å². The summed E-state index contributed by atoms with van der Waals surface area (Å²) in [5, 5.41) is 4.07. The van der Waals surface area contributed by atoms with Crippen LogP contribution in [0.15, 0.2) is 24.3 Å². The second-order valence-corrected chi connectivity index (χ2v) is 6.86. The summed E-state index contributed by atoms with van der Waals surface area (Å²) >= 11 is 3.46. The molecule has 1 rings (SSSR count). The van der Waals surface area contributed by atoms with E-state index in [0.29, 0.717) is 6.42 Å². The Morgan fingerprint density at radius 1 is 1.32 bits per heavy atom. The zero-order valence-corrected chi connectivity index (χ0v) is 13.9. The Morgan fingerprint density at radius 2 is 1.95 bits per heavy atom. The first-order valence-electron chi connectivity index (χ1n) is 6.74. The number of nitrogens with one attached hydrogen (secondary N) is 1. The summed E-state index contributed by atoms with van der Waals surface area (Å²) in [6.45, 7) is 8.53. The van der Waals surface area contributed by atoms with Gasteiger partial charge in [-0.3, -0.25) is 4.79 Å². The Bertz CT molecular complexity index is 423. The van der Waals surface area contributed by atoms with E-state index in [1.807, 2.05) is 31.2 Å². The van der Waals surface area contributed by atoms with Crippen molar-refractivity contribution >= 4 is 21.8 Å². The molecule has 1 amide bonds. The van der Waals surface area contributed by atoms with Crippen LogP contribution in [0.3, 0.4) is 0 Å². The van der Waals surface area contributed by atoms with E-state index >= 15 is 0 Å². The van der Waals surface area contributed by atoms with Crippen LogP contribution in [-0.2, 0) is 11.2 Å². The Kier molecular flexibility index (Phi) is 6.05. The van der Waals surface area contributed by atoms with Crippen molar-refractivity contribution in [3.63, 3.8) is 0 Å². The number of halogens is 1. The maximum absolute atomic E-state index is 12.2. The molecular weight excluding hydrogens is 302 g/mol. The number of amides is 1. The van der Waals surface area contributed by atoms with E-state index < -0.39 is 0 Å². The topological polar surface area (TPSA) is 29.1 Å². The van der Waals surface area contributed by atoms with E-state index in [1.54, 1.807) is 0 Å². The molecule has 0 aliphatic heterocycles. The second-order valence-electron chi connectivity index (χ2n) is 6.07. The summed E-state index contributed by atoms with van der Waals surface area (Å²) in [4.78, 5) is 12.2. The van der Waals surface area contributed by atoms with E-state index in [4.69, 9.17) is 0 Å². The van der Waals surface area contributed by atoms with E-state index in [1.165, 1.54) is 5.56 Å². The van der Waals surface area contributed by atoms with Crippen molar-refractivity contribution in [3.05, 3.63) is 35.4 Å². The van der Waals surface area contributed by atoms with Crippen LogP contribution in [0.1, 0.15) is 38.3 Å². The quantitative estimate of drug-likeness (QED) is 0.818. The van der Waals surface area contributed by atoms with Crippen molar-refractivity contribution in [2.24, 2.45) is 5.41 Å². The van der Waals surface area contributed by atoms with Gasteiger partial charge in [0.15, 0.2) is 0 Å². The predicted molar refractivity (Wildman–Crippen MR) is 84.7 cm³/mol. The lowest BCUT2D eigenvalue weighted by molar-refractivity contribution is -0.121. The Labute approximate surface area is 125 Å². The average Bonchev–Trinajstić information content (AvgIpc) is 2.30. The largest absolute Gasteiger partial charge is 0.353 e. The number of rotatable bonds is 5. The van der Waals surface area contributed by atoms with Crippen LogP contribution >= 0.6 is 15.9 Å². The fourth-order valence-electron chi connectivity index (χ4n) is 2.06. The molecule has 0 aliphatic rings. The van der Waals surface area contributed by atoms with Gasteiger partial charge in [0.05, 0.1) is 6.42 Å². The van der Waals surface area contributed by atoms with Gasteiger partial charge in [0.2, 0.25) is 5.91 Å². The van der Waals surface area contributed by atoms with Crippen LogP contribution in [0.2, 0.25) is 0 Å². The third kappa shape index (κ3) is 5.35. The van der Waals surface area contributed by atoms with Crippen molar-refractivity contribution in [2.75, 3.05) is 5.33 Å². The zero-order valence-electron chi connectivity index (χ0n) is 12.3. The van der Waals surface area contributed by atoms with Gasteiger partial charge in [-0.15, -0.1) is 0 Å². The summed E-state index contributed by atoms with van der Waals surface area (Å²) in [6.07, 6.45) is 1.41. The van der Waals surface area contributed by atoms with Gasteiger partial charge in [-0.1, -0.05) is 61.0 Å². The molecule has 0 aliphatic carbocycles. The van der Waals surface area contributed by atoms with Gasteiger partial charge < -0.3 is 5.32 Å². The van der Waals surface area contributed by atoms with Crippen molar-refractivity contribution < 1.29 is 4.79 Å². The van der Waals surface area contributed by atoms with E-state index in [0.717, 1.165) is 17.3 Å². The molecule has 0 fully saturated rings. The maximum atomic E-state index is 12.2. The minimum Gasteiger partial charge on any atom is -0.353 e. The van der Waals surface area contributed by atoms with Crippen molar-refractivity contribution in [1.29, 1.82) is 0 Å². The number of alkyl halides is 1. The fraction of sp³-hybridized carbons (Fsp3) is 0.562. The number of hydrogen-bond acceptors (Lipinski definition) is 1. The molecule has 0 radical (unpaired) electrons. The SMILES string of the molecule is Cc1ccccc1CC(=O)NC(CCBr)C(C)(C)C. The lowest BCUT2D eigenvalue weighted by atomic mass is 9.85. The average molecular weight is 326 g/mol. The van der Waals surface area contributed by atoms with Gasteiger partial charge in [-0.2, -0.15) is 0 Å². The minimum atomic E-state index is 0.0785. The lowest BCUT2D eigenvalue weighted by Crippen LogP contribution is -2.44. The van der Waals surface area contributed by atoms with Crippen LogP contribution in [0.25, 0.3) is 0 Å². The summed E-state index contributed by atoms with van der Waals surface area (Å²) in [6, 6.07) is 8.24. The summed E-state index contributed by atoms with van der Waals surface area (Å²) in [5.41, 5.74) is 2.35. The third-order valence-corrected chi connectivity index (χ3v) is 3.85. The van der Waals surface area contributed by atoms with Crippen molar-refractivity contribution in [1.82, 2.24) is 5.32 Å². The number of benzene rings is 1. The highest BCUT2D eigenvalue weighted by Gasteiger charge is 2.25. The Hall–Kier alpha value is -0.830. The van der Waals surface area contributed by atoms with E-state index in [-0.39, 0.29) is 17.4 Å².